The highest BCUT2D eigenvalue weighted by Crippen LogP contribution is 2.16. The number of amides is 2. The predicted molar refractivity (Wildman–Crippen MR) is 109 cm³/mol. The third-order valence-corrected chi connectivity index (χ3v) is 4.81. The number of benzene rings is 2. The first kappa shape index (κ1) is 20.9. The summed E-state index contributed by atoms with van der Waals surface area (Å²) < 4.78 is 0. The fraction of sp³-hybridized carbons (Fsp3) is 0.333. The quantitative estimate of drug-likeness (QED) is 0.738. The zero-order valence-corrected chi connectivity index (χ0v) is 16.4. The molecule has 0 spiro atoms. The summed E-state index contributed by atoms with van der Waals surface area (Å²) in [4.78, 5) is 24.9. The molecule has 0 aromatic heterocycles. The van der Waals surface area contributed by atoms with Crippen LogP contribution >= 0.6 is 12.4 Å². The molecule has 5 nitrogen and oxygen atoms in total. The molecule has 0 radical (unpaired) electrons. The van der Waals surface area contributed by atoms with E-state index in [2.05, 4.69) is 22.0 Å². The second-order valence-corrected chi connectivity index (χ2v) is 6.78. The van der Waals surface area contributed by atoms with Gasteiger partial charge in [-0.1, -0.05) is 54.6 Å². The summed E-state index contributed by atoms with van der Waals surface area (Å²) in [5.41, 5.74) is 3.44. The van der Waals surface area contributed by atoms with Crippen LogP contribution in [0.1, 0.15) is 36.6 Å². The van der Waals surface area contributed by atoms with Crippen LogP contribution in [0, 0.1) is 0 Å². The molecule has 3 unspecified atom stereocenters. The molecule has 0 fully saturated rings. The second kappa shape index (κ2) is 9.53. The number of halogens is 1. The van der Waals surface area contributed by atoms with Crippen molar-refractivity contribution in [1.29, 1.82) is 0 Å². The van der Waals surface area contributed by atoms with E-state index in [-0.39, 0.29) is 36.3 Å². The first-order valence-corrected chi connectivity index (χ1v) is 9.00. The zero-order chi connectivity index (χ0) is 18.5. The fourth-order valence-electron chi connectivity index (χ4n) is 3.18. The predicted octanol–water partition coefficient (Wildman–Crippen LogP) is 2.50. The van der Waals surface area contributed by atoms with E-state index in [0.29, 0.717) is 13.0 Å². The normalized spacial score (nSPS) is 17.6. The highest BCUT2D eigenvalue weighted by atomic mass is 35.5. The van der Waals surface area contributed by atoms with Crippen molar-refractivity contribution in [3.63, 3.8) is 0 Å². The van der Waals surface area contributed by atoms with Crippen LogP contribution in [0.3, 0.4) is 0 Å². The number of carbonyl (C=O) groups is 2. The maximum absolute atomic E-state index is 12.5. The van der Waals surface area contributed by atoms with E-state index in [0.717, 1.165) is 5.56 Å². The van der Waals surface area contributed by atoms with Gasteiger partial charge in [-0.2, -0.15) is 0 Å². The molecule has 27 heavy (non-hydrogen) atoms. The fourth-order valence-corrected chi connectivity index (χ4v) is 3.18. The zero-order valence-electron chi connectivity index (χ0n) is 15.6. The first-order valence-electron chi connectivity index (χ1n) is 9.00. The number of fused-ring (bicyclic) bond motifs is 1. The third-order valence-electron chi connectivity index (χ3n) is 4.81. The van der Waals surface area contributed by atoms with Crippen molar-refractivity contribution < 1.29 is 9.59 Å². The van der Waals surface area contributed by atoms with Gasteiger partial charge in [0.15, 0.2) is 0 Å². The summed E-state index contributed by atoms with van der Waals surface area (Å²) in [7, 11) is 0. The monoisotopic (exact) mass is 387 g/mol. The smallest absolute Gasteiger partial charge is 0.242 e. The lowest BCUT2D eigenvalue weighted by Crippen LogP contribution is -2.53. The molecule has 3 atom stereocenters. The molecular formula is C21H26ClN3O2. The summed E-state index contributed by atoms with van der Waals surface area (Å²) in [6.45, 7) is 4.31. The van der Waals surface area contributed by atoms with Gasteiger partial charge in [-0.25, -0.2) is 0 Å². The van der Waals surface area contributed by atoms with E-state index in [9.17, 15) is 9.59 Å². The van der Waals surface area contributed by atoms with Crippen LogP contribution in [0.25, 0.3) is 0 Å². The Morgan fingerprint density at radius 2 is 1.59 bits per heavy atom. The molecule has 0 bridgehead atoms. The van der Waals surface area contributed by atoms with Crippen LogP contribution in [0.5, 0.6) is 0 Å². The van der Waals surface area contributed by atoms with Gasteiger partial charge in [0.1, 0.15) is 6.04 Å². The maximum atomic E-state index is 12.5. The van der Waals surface area contributed by atoms with Crippen LogP contribution in [-0.2, 0) is 22.6 Å². The summed E-state index contributed by atoms with van der Waals surface area (Å²) >= 11 is 0. The van der Waals surface area contributed by atoms with Gasteiger partial charge >= 0.3 is 0 Å². The Labute approximate surface area is 166 Å². The van der Waals surface area contributed by atoms with E-state index < -0.39 is 6.04 Å². The maximum Gasteiger partial charge on any atom is 0.242 e. The van der Waals surface area contributed by atoms with Gasteiger partial charge in [-0.05, 0) is 37.0 Å². The summed E-state index contributed by atoms with van der Waals surface area (Å²) in [6.07, 6.45) is 0.636. The first-order chi connectivity index (χ1) is 12.5. The minimum Gasteiger partial charge on any atom is -0.348 e. The molecule has 144 valence electrons. The minimum atomic E-state index is -0.590. The molecule has 0 saturated carbocycles. The van der Waals surface area contributed by atoms with E-state index >= 15 is 0 Å². The van der Waals surface area contributed by atoms with Gasteiger partial charge in [0.2, 0.25) is 11.8 Å². The van der Waals surface area contributed by atoms with Gasteiger partial charge in [0, 0.05) is 6.54 Å². The molecule has 1 aliphatic rings. The molecule has 3 N–H and O–H groups in total. The molecule has 0 saturated heterocycles. The van der Waals surface area contributed by atoms with E-state index in [4.69, 9.17) is 0 Å². The molecule has 0 aliphatic carbocycles. The van der Waals surface area contributed by atoms with Crippen molar-refractivity contribution in [2.24, 2.45) is 0 Å². The minimum absolute atomic E-state index is 0. The largest absolute Gasteiger partial charge is 0.348 e. The van der Waals surface area contributed by atoms with Crippen molar-refractivity contribution in [2.45, 2.75) is 44.9 Å². The molecule has 2 aromatic carbocycles. The van der Waals surface area contributed by atoms with Gasteiger partial charge in [0.05, 0.1) is 12.1 Å². The lowest BCUT2D eigenvalue weighted by Gasteiger charge is -2.27. The Bertz CT molecular complexity index is 782. The Morgan fingerprint density at radius 1 is 0.963 bits per heavy atom. The third kappa shape index (κ3) is 5.31. The lowest BCUT2D eigenvalue weighted by atomic mass is 9.95. The molecular weight excluding hydrogens is 362 g/mol. The lowest BCUT2D eigenvalue weighted by molar-refractivity contribution is -0.130. The highest BCUT2D eigenvalue weighted by molar-refractivity contribution is 5.90. The Kier molecular flexibility index (Phi) is 7.39. The average Bonchev–Trinajstić information content (AvgIpc) is 2.68. The van der Waals surface area contributed by atoms with Crippen LogP contribution in [-0.4, -0.2) is 23.9 Å². The number of nitrogens with one attached hydrogen (secondary N) is 3. The van der Waals surface area contributed by atoms with Crippen molar-refractivity contribution in [1.82, 2.24) is 16.0 Å². The van der Waals surface area contributed by atoms with E-state index in [1.54, 1.807) is 6.92 Å². The van der Waals surface area contributed by atoms with E-state index in [1.807, 2.05) is 55.5 Å². The van der Waals surface area contributed by atoms with Crippen molar-refractivity contribution in [2.75, 3.05) is 0 Å². The van der Waals surface area contributed by atoms with Crippen LogP contribution < -0.4 is 16.0 Å². The molecule has 6 heteroatoms. The van der Waals surface area contributed by atoms with Crippen molar-refractivity contribution in [3.05, 3.63) is 71.3 Å². The SMILES string of the molecule is CC(NC(=O)C1Cc2ccccc2CN1)C(=O)NC(C)c1ccccc1.Cl. The number of hydrogen-bond acceptors (Lipinski definition) is 3. The second-order valence-electron chi connectivity index (χ2n) is 6.78. The summed E-state index contributed by atoms with van der Waals surface area (Å²) in [6, 6.07) is 16.9. The molecule has 2 aromatic rings. The van der Waals surface area contributed by atoms with Gasteiger partial charge in [-0.15, -0.1) is 12.4 Å². The van der Waals surface area contributed by atoms with Gasteiger partial charge in [-0.3, -0.25) is 9.59 Å². The van der Waals surface area contributed by atoms with Crippen molar-refractivity contribution in [3.8, 4) is 0 Å². The molecule has 3 rings (SSSR count). The topological polar surface area (TPSA) is 70.2 Å². The number of hydrogen-bond donors (Lipinski definition) is 3. The average molecular weight is 388 g/mol. The Morgan fingerprint density at radius 3 is 2.30 bits per heavy atom. The van der Waals surface area contributed by atoms with Crippen LogP contribution in [0.4, 0.5) is 0 Å². The summed E-state index contributed by atoms with van der Waals surface area (Å²) in [5.74, 6) is -0.333. The highest BCUT2D eigenvalue weighted by Gasteiger charge is 2.26. The number of rotatable bonds is 5. The summed E-state index contributed by atoms with van der Waals surface area (Å²) in [5, 5.41) is 9.01. The van der Waals surface area contributed by atoms with E-state index in [1.165, 1.54) is 11.1 Å². The Hall–Kier alpha value is -2.37. The molecule has 2 amide bonds. The molecule has 1 aliphatic heterocycles. The number of carbonyl (C=O) groups excluding carboxylic acids is 2. The standard InChI is InChI=1S/C21H25N3O2.ClH/c1-14(16-8-4-3-5-9-16)23-20(25)15(2)24-21(26)19-12-17-10-6-7-11-18(17)13-22-19;/h3-11,14-15,19,22H,12-13H2,1-2H3,(H,23,25)(H,24,26);1H. The van der Waals surface area contributed by atoms with Crippen LogP contribution in [0.2, 0.25) is 0 Å². The molecule has 1 heterocycles. The van der Waals surface area contributed by atoms with Gasteiger partial charge in [0.25, 0.3) is 0 Å². The van der Waals surface area contributed by atoms with Crippen molar-refractivity contribution >= 4 is 24.2 Å². The Balaban J connectivity index is 0.00000261. The van der Waals surface area contributed by atoms with Gasteiger partial charge < -0.3 is 16.0 Å². The van der Waals surface area contributed by atoms with Crippen LogP contribution in [0.15, 0.2) is 54.6 Å².